The number of hydrogen-bond acceptors (Lipinski definition) is 3. The maximum Gasteiger partial charge on any atom is 0.280 e. The topological polar surface area (TPSA) is 75.4 Å². The van der Waals surface area contributed by atoms with Crippen LogP contribution in [-0.2, 0) is 10.2 Å². The van der Waals surface area contributed by atoms with E-state index >= 15 is 0 Å². The third kappa shape index (κ3) is 3.32. The number of nitrogens with zero attached hydrogens (tertiary/aromatic N) is 1. The van der Waals surface area contributed by atoms with Gasteiger partial charge in [0.25, 0.3) is 10.2 Å². The summed E-state index contributed by atoms with van der Waals surface area (Å²) >= 11 is 5.16. The van der Waals surface area contributed by atoms with Crippen LogP contribution in [-0.4, -0.2) is 35.8 Å². The molecule has 0 radical (unpaired) electrons. The van der Waals surface area contributed by atoms with Gasteiger partial charge in [0.1, 0.15) is 0 Å². The molecular formula is C13H25N3O2S2. The molecule has 1 saturated carbocycles. The zero-order valence-electron chi connectivity index (χ0n) is 12.1. The molecule has 0 bridgehead atoms. The summed E-state index contributed by atoms with van der Waals surface area (Å²) in [4.78, 5) is 0.283. The van der Waals surface area contributed by atoms with Crippen LogP contribution in [0.15, 0.2) is 0 Å². The molecule has 2 fully saturated rings. The zero-order valence-corrected chi connectivity index (χ0v) is 13.7. The number of hydrogen-bond donors (Lipinski definition) is 2. The van der Waals surface area contributed by atoms with Gasteiger partial charge in [-0.1, -0.05) is 37.9 Å². The Labute approximate surface area is 127 Å². The van der Waals surface area contributed by atoms with E-state index in [1.807, 2.05) is 6.92 Å². The number of thiocarbonyl (C=S) groups is 1. The van der Waals surface area contributed by atoms with Crippen LogP contribution < -0.4 is 10.5 Å². The molecule has 0 aromatic heterocycles. The van der Waals surface area contributed by atoms with Gasteiger partial charge < -0.3 is 5.73 Å². The summed E-state index contributed by atoms with van der Waals surface area (Å²) in [5, 5.41) is 0. The Kier molecular flexibility index (Phi) is 5.05. The van der Waals surface area contributed by atoms with Crippen LogP contribution in [0.1, 0.15) is 58.3 Å². The van der Waals surface area contributed by atoms with Crippen LogP contribution >= 0.6 is 12.2 Å². The molecule has 1 aliphatic heterocycles. The molecule has 2 rings (SSSR count). The molecule has 0 amide bonds. The van der Waals surface area contributed by atoms with E-state index in [0.717, 1.165) is 38.5 Å². The maximum atomic E-state index is 12.7. The van der Waals surface area contributed by atoms with Crippen molar-refractivity contribution in [2.45, 2.75) is 69.9 Å². The molecule has 1 unspecified atom stereocenters. The molecule has 5 nitrogen and oxygen atoms in total. The fourth-order valence-corrected chi connectivity index (χ4v) is 5.48. The minimum absolute atomic E-state index is 0.0493. The van der Waals surface area contributed by atoms with Crippen molar-refractivity contribution in [3.05, 3.63) is 0 Å². The Balaban J connectivity index is 2.18. The van der Waals surface area contributed by atoms with Crippen molar-refractivity contribution in [2.75, 3.05) is 6.54 Å². The summed E-state index contributed by atoms with van der Waals surface area (Å²) in [7, 11) is -3.52. The summed E-state index contributed by atoms with van der Waals surface area (Å²) in [5.41, 5.74) is 5.14. The second kappa shape index (κ2) is 6.25. The van der Waals surface area contributed by atoms with E-state index in [4.69, 9.17) is 18.0 Å². The molecule has 1 saturated heterocycles. The number of rotatable bonds is 4. The van der Waals surface area contributed by atoms with Gasteiger partial charge >= 0.3 is 0 Å². The summed E-state index contributed by atoms with van der Waals surface area (Å²) < 4.78 is 29.8. The van der Waals surface area contributed by atoms with Gasteiger partial charge in [0.15, 0.2) is 0 Å². The van der Waals surface area contributed by atoms with Crippen LogP contribution in [0.2, 0.25) is 0 Å². The van der Waals surface area contributed by atoms with Gasteiger partial charge in [0, 0.05) is 12.6 Å². The van der Waals surface area contributed by atoms with Crippen molar-refractivity contribution in [3.63, 3.8) is 0 Å². The normalized spacial score (nSPS) is 28.1. The molecule has 7 heteroatoms. The first-order chi connectivity index (χ1) is 9.37. The molecule has 3 N–H and O–H groups in total. The van der Waals surface area contributed by atoms with Gasteiger partial charge in [-0.25, -0.2) is 0 Å². The average Bonchev–Trinajstić information content (AvgIpc) is 2.39. The second-order valence-corrected chi connectivity index (χ2v) is 8.13. The Morgan fingerprint density at radius 2 is 1.90 bits per heavy atom. The fraction of sp³-hybridized carbons (Fsp3) is 0.923. The number of piperidine rings is 1. The molecule has 0 aromatic carbocycles. The molecule has 1 heterocycles. The molecule has 116 valence electrons. The lowest BCUT2D eigenvalue weighted by Gasteiger charge is -2.40. The second-order valence-electron chi connectivity index (χ2n) is 6.07. The van der Waals surface area contributed by atoms with E-state index in [1.54, 1.807) is 4.31 Å². The Bertz CT molecular complexity index is 458. The minimum Gasteiger partial charge on any atom is -0.392 e. The predicted molar refractivity (Wildman–Crippen MR) is 84.7 cm³/mol. The van der Waals surface area contributed by atoms with Crippen molar-refractivity contribution in [1.82, 2.24) is 9.03 Å². The molecule has 1 atom stereocenters. The first-order valence-electron chi connectivity index (χ1n) is 7.48. The van der Waals surface area contributed by atoms with Gasteiger partial charge in [-0.2, -0.15) is 17.4 Å². The smallest absolute Gasteiger partial charge is 0.280 e. The van der Waals surface area contributed by atoms with Crippen molar-refractivity contribution >= 4 is 27.4 Å². The maximum absolute atomic E-state index is 12.7. The monoisotopic (exact) mass is 319 g/mol. The first kappa shape index (κ1) is 16.1. The highest BCUT2D eigenvalue weighted by atomic mass is 32.2. The third-order valence-corrected chi connectivity index (χ3v) is 6.75. The van der Waals surface area contributed by atoms with Gasteiger partial charge in [0.2, 0.25) is 0 Å². The number of nitrogens with one attached hydrogen (secondary N) is 1. The Morgan fingerprint density at radius 1 is 1.25 bits per heavy atom. The van der Waals surface area contributed by atoms with Crippen LogP contribution in [0, 0.1) is 0 Å². The quantitative estimate of drug-likeness (QED) is 0.773. The van der Waals surface area contributed by atoms with E-state index in [2.05, 4.69) is 4.72 Å². The molecule has 2 aliphatic rings. The predicted octanol–water partition coefficient (Wildman–Crippen LogP) is 1.68. The Hall–Kier alpha value is -0.240. The SMILES string of the molecule is CC1CCCCN1S(=O)(=O)NC1(C(N)=S)CCCCC1. The highest BCUT2D eigenvalue weighted by Crippen LogP contribution is 2.30. The van der Waals surface area contributed by atoms with E-state index in [-0.39, 0.29) is 11.0 Å². The highest BCUT2D eigenvalue weighted by Gasteiger charge is 2.41. The standard InChI is InChI=1S/C13H25N3O2S2/c1-11-7-3-6-10-16(11)20(17,18)15-13(12(14)19)8-4-2-5-9-13/h11,15H,2-10H2,1H3,(H2,14,19). The summed E-state index contributed by atoms with van der Waals surface area (Å²) in [6.45, 7) is 2.55. The molecular weight excluding hydrogens is 294 g/mol. The Morgan fingerprint density at radius 3 is 2.45 bits per heavy atom. The lowest BCUT2D eigenvalue weighted by molar-refractivity contribution is 0.256. The zero-order chi connectivity index (χ0) is 14.8. The summed E-state index contributed by atoms with van der Waals surface area (Å²) in [6, 6.07) is 0.0493. The largest absolute Gasteiger partial charge is 0.392 e. The van der Waals surface area contributed by atoms with Crippen molar-refractivity contribution in [3.8, 4) is 0 Å². The van der Waals surface area contributed by atoms with Gasteiger partial charge in [-0.05, 0) is 32.6 Å². The number of nitrogens with two attached hydrogens (primary N) is 1. The molecule has 0 spiro atoms. The highest BCUT2D eigenvalue weighted by molar-refractivity contribution is 7.87. The van der Waals surface area contributed by atoms with Gasteiger partial charge in [-0.3, -0.25) is 0 Å². The van der Waals surface area contributed by atoms with E-state index in [0.29, 0.717) is 19.4 Å². The summed E-state index contributed by atoms with van der Waals surface area (Å²) in [5.74, 6) is 0. The lowest BCUT2D eigenvalue weighted by Crippen LogP contribution is -2.61. The van der Waals surface area contributed by atoms with Gasteiger partial charge in [-0.15, -0.1) is 0 Å². The average molecular weight is 319 g/mol. The van der Waals surface area contributed by atoms with E-state index < -0.39 is 15.7 Å². The minimum atomic E-state index is -3.52. The van der Waals surface area contributed by atoms with Crippen molar-refractivity contribution in [1.29, 1.82) is 0 Å². The molecule has 1 aliphatic carbocycles. The first-order valence-corrected chi connectivity index (χ1v) is 9.33. The molecule has 20 heavy (non-hydrogen) atoms. The fourth-order valence-electron chi connectivity index (χ4n) is 3.29. The molecule has 0 aromatic rings. The van der Waals surface area contributed by atoms with Crippen molar-refractivity contribution < 1.29 is 8.42 Å². The van der Waals surface area contributed by atoms with Gasteiger partial charge in [0.05, 0.1) is 10.5 Å². The van der Waals surface area contributed by atoms with E-state index in [9.17, 15) is 8.42 Å². The lowest BCUT2D eigenvalue weighted by atomic mass is 9.82. The van der Waals surface area contributed by atoms with Crippen LogP contribution in [0.3, 0.4) is 0 Å². The van der Waals surface area contributed by atoms with Crippen LogP contribution in [0.25, 0.3) is 0 Å². The third-order valence-electron chi connectivity index (χ3n) is 4.55. The van der Waals surface area contributed by atoms with Crippen LogP contribution in [0.5, 0.6) is 0 Å². The van der Waals surface area contributed by atoms with Crippen LogP contribution in [0.4, 0.5) is 0 Å². The van der Waals surface area contributed by atoms with Crippen molar-refractivity contribution in [2.24, 2.45) is 5.73 Å². The summed E-state index contributed by atoms with van der Waals surface area (Å²) in [6.07, 6.45) is 7.41. The van der Waals surface area contributed by atoms with E-state index in [1.165, 1.54) is 0 Å².